The number of ether oxygens (including phenoxy) is 1. The number of hydrogen-bond acceptors (Lipinski definition) is 3. The number of carboxylic acid groups (broad SMARTS) is 1. The van der Waals surface area contributed by atoms with E-state index in [4.69, 9.17) is 15.1 Å². The quantitative estimate of drug-likeness (QED) is 0.917. The van der Waals surface area contributed by atoms with E-state index in [0.717, 1.165) is 12.1 Å². The zero-order valence-electron chi connectivity index (χ0n) is 9.49. The first kappa shape index (κ1) is 13.2. The summed E-state index contributed by atoms with van der Waals surface area (Å²) >= 11 is 0. The number of hydrogen-bond donors (Lipinski definition) is 1. The predicted octanol–water partition coefficient (Wildman–Crippen LogP) is 2.57. The first-order chi connectivity index (χ1) is 8.78. The minimum Gasteiger partial charge on any atom is -0.478 e. The number of nitrogens with zero attached hydrogens (tertiary/aromatic N) is 1. The van der Waals surface area contributed by atoms with E-state index in [9.17, 15) is 18.0 Å². The fraction of sp³-hybridized carbons (Fsp3) is 0.333. The molecule has 1 aliphatic rings. The molecular weight excluding hydrogens is 263 g/mol. The van der Waals surface area contributed by atoms with Crippen molar-refractivity contribution in [2.45, 2.75) is 24.6 Å². The van der Waals surface area contributed by atoms with Crippen molar-refractivity contribution < 1.29 is 27.8 Å². The lowest BCUT2D eigenvalue weighted by molar-refractivity contribution is -0.150. The highest BCUT2D eigenvalue weighted by Gasteiger charge is 2.54. The van der Waals surface area contributed by atoms with Gasteiger partial charge in [0.05, 0.1) is 17.2 Å². The highest BCUT2D eigenvalue weighted by Crippen LogP contribution is 2.44. The van der Waals surface area contributed by atoms with Crippen LogP contribution in [0.25, 0.3) is 0 Å². The molecule has 100 valence electrons. The van der Waals surface area contributed by atoms with Crippen molar-refractivity contribution in [3.8, 4) is 11.8 Å². The summed E-state index contributed by atoms with van der Waals surface area (Å²) in [6.07, 6.45) is -4.38. The van der Waals surface area contributed by atoms with Crippen LogP contribution >= 0.6 is 0 Å². The normalized spacial score (nSPS) is 16.5. The molecule has 0 atom stereocenters. The molecule has 0 aliphatic heterocycles. The van der Waals surface area contributed by atoms with E-state index in [-0.39, 0.29) is 18.4 Å². The molecule has 1 saturated carbocycles. The summed E-state index contributed by atoms with van der Waals surface area (Å²) in [6.45, 7) is 0. The van der Waals surface area contributed by atoms with Crippen molar-refractivity contribution in [2.24, 2.45) is 0 Å². The van der Waals surface area contributed by atoms with E-state index in [1.54, 1.807) is 6.07 Å². The van der Waals surface area contributed by atoms with Crippen molar-refractivity contribution in [2.75, 3.05) is 0 Å². The second-order valence-electron chi connectivity index (χ2n) is 4.22. The topological polar surface area (TPSA) is 70.3 Å². The van der Waals surface area contributed by atoms with Crippen LogP contribution in [0.1, 0.15) is 24.0 Å². The van der Waals surface area contributed by atoms with Gasteiger partial charge in [-0.1, -0.05) is 0 Å². The number of carbonyl (C=O) groups is 1. The van der Waals surface area contributed by atoms with Crippen molar-refractivity contribution in [1.29, 1.82) is 5.26 Å². The van der Waals surface area contributed by atoms with E-state index in [0.29, 0.717) is 6.07 Å². The van der Waals surface area contributed by atoms with Crippen LogP contribution < -0.4 is 4.74 Å². The Bertz CT molecular complexity index is 571. The van der Waals surface area contributed by atoms with Gasteiger partial charge in [-0.05, 0) is 18.2 Å². The highest BCUT2D eigenvalue weighted by atomic mass is 19.4. The molecular formula is C12H8F3NO3. The third-order valence-electron chi connectivity index (χ3n) is 2.81. The van der Waals surface area contributed by atoms with Crippen LogP contribution in [-0.2, 0) is 11.0 Å². The summed E-state index contributed by atoms with van der Waals surface area (Å²) in [4.78, 5) is 10.9. The molecule has 1 N–H and O–H groups in total. The molecule has 2 rings (SSSR count). The van der Waals surface area contributed by atoms with Gasteiger partial charge in [-0.25, -0.2) is 4.79 Å². The monoisotopic (exact) mass is 271 g/mol. The summed E-state index contributed by atoms with van der Waals surface area (Å²) in [5.41, 5.74) is -2.87. The Morgan fingerprint density at radius 1 is 1.42 bits per heavy atom. The molecule has 7 heteroatoms. The fourth-order valence-corrected chi connectivity index (χ4v) is 1.59. The number of rotatable bonds is 3. The summed E-state index contributed by atoms with van der Waals surface area (Å²) in [5.74, 6) is -1.85. The Hall–Kier alpha value is -2.23. The van der Waals surface area contributed by atoms with Crippen LogP contribution in [-0.4, -0.2) is 16.7 Å². The van der Waals surface area contributed by atoms with Crippen LogP contribution in [0.15, 0.2) is 18.2 Å². The molecule has 0 aromatic heterocycles. The summed E-state index contributed by atoms with van der Waals surface area (Å²) in [7, 11) is 0. The first-order valence-electron chi connectivity index (χ1n) is 5.32. The van der Waals surface area contributed by atoms with E-state index in [1.807, 2.05) is 0 Å². The number of carboxylic acids is 1. The second kappa shape index (κ2) is 4.16. The summed E-state index contributed by atoms with van der Waals surface area (Å²) < 4.78 is 43.5. The molecule has 0 bridgehead atoms. The average Bonchev–Trinajstić information content (AvgIpc) is 3.09. The lowest BCUT2D eigenvalue weighted by Gasteiger charge is -2.18. The summed E-state index contributed by atoms with van der Waals surface area (Å²) in [6, 6.07) is 4.37. The molecule has 1 aliphatic carbocycles. The maximum absolute atomic E-state index is 12.8. The maximum Gasteiger partial charge on any atom is 0.420 e. The zero-order valence-corrected chi connectivity index (χ0v) is 9.49. The SMILES string of the molecule is N#Cc1ccc(OC2(C(=O)O)CC2)c(C(F)(F)F)c1. The smallest absolute Gasteiger partial charge is 0.420 e. The van der Waals surface area contributed by atoms with Crippen molar-refractivity contribution in [1.82, 2.24) is 0 Å². The van der Waals surface area contributed by atoms with Crippen LogP contribution in [0.4, 0.5) is 13.2 Å². The van der Waals surface area contributed by atoms with Gasteiger partial charge in [-0.3, -0.25) is 0 Å². The highest BCUT2D eigenvalue weighted by molar-refractivity contribution is 5.81. The van der Waals surface area contributed by atoms with Gasteiger partial charge in [0.2, 0.25) is 5.60 Å². The lowest BCUT2D eigenvalue weighted by atomic mass is 10.1. The number of benzene rings is 1. The molecule has 0 heterocycles. The third kappa shape index (κ3) is 2.47. The molecule has 0 amide bonds. The molecule has 1 aromatic rings. The number of halogens is 3. The van der Waals surface area contributed by atoms with Gasteiger partial charge in [0.25, 0.3) is 0 Å². The standard InChI is InChI=1S/C12H8F3NO3/c13-12(14,15)8-5-7(6-16)1-2-9(8)19-11(3-4-11)10(17)18/h1-2,5H,3-4H2,(H,17,18). The third-order valence-corrected chi connectivity index (χ3v) is 2.81. The molecule has 1 fully saturated rings. The molecule has 0 spiro atoms. The number of aliphatic carboxylic acids is 1. The van der Waals surface area contributed by atoms with Gasteiger partial charge in [0.1, 0.15) is 5.75 Å². The van der Waals surface area contributed by atoms with Crippen molar-refractivity contribution in [3.63, 3.8) is 0 Å². The Kier molecular flexibility index (Phi) is 2.89. The summed E-state index contributed by atoms with van der Waals surface area (Å²) in [5, 5.41) is 17.5. The zero-order chi connectivity index (χ0) is 14.3. The largest absolute Gasteiger partial charge is 0.478 e. The molecule has 19 heavy (non-hydrogen) atoms. The van der Waals surface area contributed by atoms with Gasteiger partial charge in [-0.15, -0.1) is 0 Å². The van der Waals surface area contributed by atoms with Gasteiger partial charge in [0, 0.05) is 12.8 Å². The number of nitriles is 1. The molecule has 0 saturated heterocycles. The Morgan fingerprint density at radius 3 is 2.47 bits per heavy atom. The number of alkyl halides is 3. The van der Waals surface area contributed by atoms with Crippen LogP contribution in [0, 0.1) is 11.3 Å². The van der Waals surface area contributed by atoms with Crippen molar-refractivity contribution in [3.05, 3.63) is 29.3 Å². The van der Waals surface area contributed by atoms with Gasteiger partial charge in [-0.2, -0.15) is 18.4 Å². The van der Waals surface area contributed by atoms with E-state index >= 15 is 0 Å². The van der Waals surface area contributed by atoms with Gasteiger partial charge in [0.15, 0.2) is 0 Å². The van der Waals surface area contributed by atoms with E-state index < -0.39 is 29.1 Å². The lowest BCUT2D eigenvalue weighted by Crippen LogP contribution is -2.30. The Morgan fingerprint density at radius 2 is 2.05 bits per heavy atom. The second-order valence-corrected chi connectivity index (χ2v) is 4.22. The first-order valence-corrected chi connectivity index (χ1v) is 5.32. The maximum atomic E-state index is 12.8. The predicted molar refractivity (Wildman–Crippen MR) is 56.4 cm³/mol. The minimum atomic E-state index is -4.71. The molecule has 0 unspecified atom stereocenters. The van der Waals surface area contributed by atoms with Crippen LogP contribution in [0.2, 0.25) is 0 Å². The molecule has 4 nitrogen and oxygen atoms in total. The van der Waals surface area contributed by atoms with Crippen LogP contribution in [0.3, 0.4) is 0 Å². The fourth-order valence-electron chi connectivity index (χ4n) is 1.59. The van der Waals surface area contributed by atoms with E-state index in [2.05, 4.69) is 0 Å². The van der Waals surface area contributed by atoms with Crippen LogP contribution in [0.5, 0.6) is 5.75 Å². The Balaban J connectivity index is 2.41. The van der Waals surface area contributed by atoms with Gasteiger partial charge >= 0.3 is 12.1 Å². The Labute approximate surface area is 106 Å². The average molecular weight is 271 g/mol. The van der Waals surface area contributed by atoms with Gasteiger partial charge < -0.3 is 9.84 Å². The minimum absolute atomic E-state index is 0.166. The van der Waals surface area contributed by atoms with Crippen molar-refractivity contribution >= 4 is 5.97 Å². The molecule has 0 radical (unpaired) electrons. The molecule has 1 aromatic carbocycles. The van der Waals surface area contributed by atoms with E-state index in [1.165, 1.54) is 0 Å².